The Hall–Kier alpha value is -0.460. The van der Waals surface area contributed by atoms with Crippen LogP contribution >= 0.6 is 15.9 Å². The number of hydrogen-bond donors (Lipinski definition) is 1. The van der Waals surface area contributed by atoms with Gasteiger partial charge < -0.3 is 0 Å². The molecule has 1 aromatic rings. The summed E-state index contributed by atoms with van der Waals surface area (Å²) in [5, 5.41) is 0.927. The van der Waals surface area contributed by atoms with Crippen molar-refractivity contribution in [1.29, 1.82) is 0 Å². The van der Waals surface area contributed by atoms with E-state index < -0.39 is 15.8 Å². The molecule has 1 aromatic carbocycles. The summed E-state index contributed by atoms with van der Waals surface area (Å²) >= 11 is 3.32. The SMILES string of the molecule is Cc1cc(F)ccc1S(=O)(=O)NCCCCCBr. The van der Waals surface area contributed by atoms with Gasteiger partial charge in [-0.3, -0.25) is 0 Å². The molecular weight excluding hydrogens is 321 g/mol. The first-order valence-electron chi connectivity index (χ1n) is 5.79. The van der Waals surface area contributed by atoms with Crippen molar-refractivity contribution in [2.45, 2.75) is 31.1 Å². The van der Waals surface area contributed by atoms with Crippen molar-refractivity contribution < 1.29 is 12.8 Å². The fraction of sp³-hybridized carbons (Fsp3) is 0.500. The third kappa shape index (κ3) is 4.66. The zero-order chi connectivity index (χ0) is 13.6. The van der Waals surface area contributed by atoms with Gasteiger partial charge in [0.15, 0.2) is 0 Å². The van der Waals surface area contributed by atoms with Gasteiger partial charge in [0, 0.05) is 11.9 Å². The minimum atomic E-state index is -3.52. The van der Waals surface area contributed by atoms with Crippen molar-refractivity contribution in [1.82, 2.24) is 4.72 Å². The summed E-state index contributed by atoms with van der Waals surface area (Å²) in [5.74, 6) is -0.427. The van der Waals surface area contributed by atoms with Crippen molar-refractivity contribution in [3.8, 4) is 0 Å². The Kier molecular flexibility index (Phi) is 6.25. The lowest BCUT2D eigenvalue weighted by Crippen LogP contribution is -2.25. The van der Waals surface area contributed by atoms with Gasteiger partial charge in [-0.15, -0.1) is 0 Å². The average Bonchev–Trinajstić information content (AvgIpc) is 2.28. The summed E-state index contributed by atoms with van der Waals surface area (Å²) in [4.78, 5) is 0.143. The van der Waals surface area contributed by atoms with Crippen molar-refractivity contribution in [2.75, 3.05) is 11.9 Å². The molecule has 0 unspecified atom stereocenters. The Bertz CT molecular complexity index is 491. The molecule has 0 aromatic heterocycles. The minimum absolute atomic E-state index is 0.143. The van der Waals surface area contributed by atoms with Crippen molar-refractivity contribution >= 4 is 26.0 Å². The van der Waals surface area contributed by atoms with E-state index in [1.165, 1.54) is 12.1 Å². The highest BCUT2D eigenvalue weighted by Crippen LogP contribution is 2.15. The maximum absolute atomic E-state index is 12.9. The molecule has 0 fully saturated rings. The Morgan fingerprint density at radius 2 is 2.00 bits per heavy atom. The smallest absolute Gasteiger partial charge is 0.211 e. The zero-order valence-corrected chi connectivity index (χ0v) is 12.7. The van der Waals surface area contributed by atoms with Gasteiger partial charge in [-0.25, -0.2) is 17.5 Å². The van der Waals surface area contributed by atoms with Gasteiger partial charge in [0.1, 0.15) is 5.82 Å². The second-order valence-corrected chi connectivity index (χ2v) is 6.59. The molecule has 0 atom stereocenters. The van der Waals surface area contributed by atoms with Crippen LogP contribution in [0.1, 0.15) is 24.8 Å². The van der Waals surface area contributed by atoms with E-state index in [4.69, 9.17) is 0 Å². The van der Waals surface area contributed by atoms with Crippen molar-refractivity contribution in [3.63, 3.8) is 0 Å². The minimum Gasteiger partial charge on any atom is -0.211 e. The molecule has 0 saturated heterocycles. The molecular formula is C12H17BrFNO2S. The highest BCUT2D eigenvalue weighted by atomic mass is 79.9. The third-order valence-corrected chi connectivity index (χ3v) is 4.71. The summed E-state index contributed by atoms with van der Waals surface area (Å²) in [5.41, 5.74) is 0.419. The maximum atomic E-state index is 12.9. The molecule has 1 rings (SSSR count). The lowest BCUT2D eigenvalue weighted by Gasteiger charge is -2.09. The normalized spacial score (nSPS) is 11.7. The molecule has 0 heterocycles. The van der Waals surface area contributed by atoms with E-state index in [1.807, 2.05) is 0 Å². The highest BCUT2D eigenvalue weighted by Gasteiger charge is 2.16. The van der Waals surface area contributed by atoms with Crippen LogP contribution in [0.2, 0.25) is 0 Å². The molecule has 0 bridgehead atoms. The Balaban J connectivity index is 2.63. The van der Waals surface area contributed by atoms with E-state index in [1.54, 1.807) is 6.92 Å². The number of nitrogens with one attached hydrogen (secondary N) is 1. The summed E-state index contributed by atoms with van der Waals surface area (Å²) < 4.78 is 39.3. The Morgan fingerprint density at radius 1 is 1.28 bits per heavy atom. The first kappa shape index (κ1) is 15.6. The van der Waals surface area contributed by atoms with Gasteiger partial charge in [-0.1, -0.05) is 22.4 Å². The van der Waals surface area contributed by atoms with E-state index in [-0.39, 0.29) is 4.90 Å². The summed E-state index contributed by atoms with van der Waals surface area (Å²) in [6, 6.07) is 3.68. The molecule has 18 heavy (non-hydrogen) atoms. The molecule has 0 aliphatic rings. The molecule has 0 spiro atoms. The molecule has 0 aliphatic heterocycles. The number of halogens is 2. The van der Waals surface area contributed by atoms with Gasteiger partial charge in [-0.2, -0.15) is 0 Å². The number of aryl methyl sites for hydroxylation is 1. The molecule has 102 valence electrons. The lowest BCUT2D eigenvalue weighted by molar-refractivity contribution is 0.574. The van der Waals surface area contributed by atoms with E-state index >= 15 is 0 Å². The van der Waals surface area contributed by atoms with E-state index in [0.29, 0.717) is 12.1 Å². The lowest BCUT2D eigenvalue weighted by atomic mass is 10.2. The van der Waals surface area contributed by atoms with Crippen LogP contribution in [0.4, 0.5) is 4.39 Å². The van der Waals surface area contributed by atoms with Crippen LogP contribution < -0.4 is 4.72 Å². The van der Waals surface area contributed by atoms with Crippen LogP contribution in [0.5, 0.6) is 0 Å². The summed E-state index contributed by atoms with van der Waals surface area (Å²) in [7, 11) is -3.52. The molecule has 1 N–H and O–H groups in total. The van der Waals surface area contributed by atoms with Crippen LogP contribution in [-0.4, -0.2) is 20.3 Å². The Labute approximate surface area is 116 Å². The van der Waals surface area contributed by atoms with Gasteiger partial charge in [0.05, 0.1) is 4.90 Å². The summed E-state index contributed by atoms with van der Waals surface area (Å²) in [6.07, 6.45) is 2.79. The molecule has 0 aliphatic carbocycles. The largest absolute Gasteiger partial charge is 0.240 e. The van der Waals surface area contributed by atoms with Crippen LogP contribution in [-0.2, 0) is 10.0 Å². The number of unbranched alkanes of at least 4 members (excludes halogenated alkanes) is 2. The quantitative estimate of drug-likeness (QED) is 0.614. The van der Waals surface area contributed by atoms with Gasteiger partial charge >= 0.3 is 0 Å². The van der Waals surface area contributed by atoms with Crippen molar-refractivity contribution in [2.24, 2.45) is 0 Å². The third-order valence-electron chi connectivity index (χ3n) is 2.53. The average molecular weight is 338 g/mol. The number of benzene rings is 1. The molecule has 0 radical (unpaired) electrons. The number of sulfonamides is 1. The van der Waals surface area contributed by atoms with E-state index in [0.717, 1.165) is 30.7 Å². The first-order chi connectivity index (χ1) is 8.47. The molecule has 0 amide bonds. The molecule has 6 heteroatoms. The molecule has 3 nitrogen and oxygen atoms in total. The van der Waals surface area contributed by atoms with Gasteiger partial charge in [0.2, 0.25) is 10.0 Å². The second kappa shape index (κ2) is 7.21. The topological polar surface area (TPSA) is 46.2 Å². The van der Waals surface area contributed by atoms with E-state index in [2.05, 4.69) is 20.7 Å². The van der Waals surface area contributed by atoms with Crippen LogP contribution in [0, 0.1) is 12.7 Å². The number of hydrogen-bond acceptors (Lipinski definition) is 2. The number of rotatable bonds is 7. The predicted octanol–water partition coefficient (Wildman–Crippen LogP) is 2.98. The monoisotopic (exact) mass is 337 g/mol. The Morgan fingerprint density at radius 3 is 2.61 bits per heavy atom. The fourth-order valence-corrected chi connectivity index (χ4v) is 3.29. The standard InChI is InChI=1S/C12H17BrFNO2S/c1-10-9-11(14)5-6-12(10)18(16,17)15-8-4-2-3-7-13/h5-6,9,15H,2-4,7-8H2,1H3. The fourth-order valence-electron chi connectivity index (χ4n) is 1.59. The maximum Gasteiger partial charge on any atom is 0.240 e. The number of alkyl halides is 1. The predicted molar refractivity (Wildman–Crippen MR) is 74.0 cm³/mol. The first-order valence-corrected chi connectivity index (χ1v) is 8.39. The summed E-state index contributed by atoms with van der Waals surface area (Å²) in [6.45, 7) is 1.99. The van der Waals surface area contributed by atoms with Crippen molar-refractivity contribution in [3.05, 3.63) is 29.6 Å². The van der Waals surface area contributed by atoms with Crippen LogP contribution in [0.3, 0.4) is 0 Å². The molecule has 0 saturated carbocycles. The van der Waals surface area contributed by atoms with Gasteiger partial charge in [0.25, 0.3) is 0 Å². The highest BCUT2D eigenvalue weighted by molar-refractivity contribution is 9.09. The zero-order valence-electron chi connectivity index (χ0n) is 10.2. The second-order valence-electron chi connectivity index (χ2n) is 4.06. The van der Waals surface area contributed by atoms with Crippen LogP contribution in [0.25, 0.3) is 0 Å². The van der Waals surface area contributed by atoms with E-state index in [9.17, 15) is 12.8 Å². The van der Waals surface area contributed by atoms with Gasteiger partial charge in [-0.05, 0) is 43.5 Å². The van der Waals surface area contributed by atoms with Crippen LogP contribution in [0.15, 0.2) is 23.1 Å².